The van der Waals surface area contributed by atoms with E-state index in [0.29, 0.717) is 28.4 Å². The molecule has 4 aliphatic rings. The third kappa shape index (κ3) is 2.99. The van der Waals surface area contributed by atoms with E-state index in [4.69, 9.17) is 0 Å². The first-order chi connectivity index (χ1) is 16.4. The highest BCUT2D eigenvalue weighted by Crippen LogP contribution is 2.47. The Morgan fingerprint density at radius 2 is 1.65 bits per heavy atom. The molecule has 0 spiro atoms. The molecule has 7 rings (SSSR count). The summed E-state index contributed by atoms with van der Waals surface area (Å²) in [6.07, 6.45) is 4.96. The first-order valence-electron chi connectivity index (χ1n) is 11.6. The van der Waals surface area contributed by atoms with Crippen molar-refractivity contribution in [1.29, 1.82) is 0 Å². The van der Waals surface area contributed by atoms with Crippen molar-refractivity contribution in [3.63, 3.8) is 0 Å². The predicted molar refractivity (Wildman–Crippen MR) is 121 cm³/mol. The third-order valence-electron chi connectivity index (χ3n) is 7.58. The van der Waals surface area contributed by atoms with Crippen LogP contribution >= 0.6 is 0 Å². The van der Waals surface area contributed by atoms with E-state index in [1.807, 2.05) is 17.9 Å². The number of hydrogen-bond acceptors (Lipinski definition) is 6. The van der Waals surface area contributed by atoms with Gasteiger partial charge in [-0.3, -0.25) is 19.3 Å². The topological polar surface area (TPSA) is 101 Å². The van der Waals surface area contributed by atoms with Gasteiger partial charge in [0.25, 0.3) is 17.7 Å². The zero-order chi connectivity index (χ0) is 23.6. The summed E-state index contributed by atoms with van der Waals surface area (Å²) in [5.74, 6) is -0.182. The van der Waals surface area contributed by atoms with E-state index in [2.05, 4.69) is 22.1 Å². The van der Waals surface area contributed by atoms with E-state index < -0.39 is 0 Å². The van der Waals surface area contributed by atoms with Crippen LogP contribution in [-0.2, 0) is 0 Å². The van der Waals surface area contributed by atoms with Gasteiger partial charge in [-0.15, -0.1) is 4.80 Å². The Bertz CT molecular complexity index is 1280. The number of nitrogens with zero attached hydrogens (tertiary/aromatic N) is 6. The summed E-state index contributed by atoms with van der Waals surface area (Å²) in [4.78, 5) is 49.3. The fourth-order valence-electron chi connectivity index (χ4n) is 5.62. The van der Waals surface area contributed by atoms with Crippen molar-refractivity contribution in [3.05, 3.63) is 71.3 Å². The summed E-state index contributed by atoms with van der Waals surface area (Å²) in [6.45, 7) is 4.13. The number of carbonyl (C=O) groups excluding carboxylic acids is 3. The lowest BCUT2D eigenvalue weighted by atomic mass is 9.64. The molecule has 2 saturated heterocycles. The Hall–Kier alpha value is -3.88. The zero-order valence-electron chi connectivity index (χ0n) is 19.0. The maximum atomic E-state index is 14.0. The molecule has 2 aromatic heterocycles. The van der Waals surface area contributed by atoms with Gasteiger partial charge in [0.1, 0.15) is 5.69 Å². The lowest BCUT2D eigenvalue weighted by Crippen LogP contribution is -2.65. The van der Waals surface area contributed by atoms with E-state index in [1.54, 1.807) is 42.7 Å². The first kappa shape index (κ1) is 20.7. The van der Waals surface area contributed by atoms with Gasteiger partial charge in [-0.1, -0.05) is 19.1 Å². The number of benzene rings is 1. The summed E-state index contributed by atoms with van der Waals surface area (Å²) in [5.41, 5.74) is 2.35. The Morgan fingerprint density at radius 3 is 2.29 bits per heavy atom. The SMILES string of the molecule is Cc1ccc(-n2nccn2)c(C(=O)N2C3CC(C3)[C@H](C)[C@H]2CN2C(=O)c3ccccc3C2=O)n1. The molecule has 1 aromatic carbocycles. The Labute approximate surface area is 196 Å². The van der Waals surface area contributed by atoms with Crippen molar-refractivity contribution in [2.24, 2.45) is 11.8 Å². The Balaban J connectivity index is 1.36. The zero-order valence-corrected chi connectivity index (χ0v) is 19.0. The average molecular weight is 457 g/mol. The molecule has 3 fully saturated rings. The van der Waals surface area contributed by atoms with E-state index in [1.165, 1.54) is 9.70 Å². The van der Waals surface area contributed by atoms with Gasteiger partial charge in [-0.05, 0) is 55.9 Å². The number of imide groups is 1. The smallest absolute Gasteiger partial charge is 0.275 e. The molecule has 2 bridgehead atoms. The van der Waals surface area contributed by atoms with Crippen LogP contribution in [0.1, 0.15) is 56.7 Å². The fraction of sp³-hybridized carbons (Fsp3) is 0.360. The fourth-order valence-corrected chi connectivity index (χ4v) is 5.62. The number of hydrogen-bond donors (Lipinski definition) is 0. The lowest BCUT2D eigenvalue weighted by molar-refractivity contribution is -0.0601. The van der Waals surface area contributed by atoms with Crippen LogP contribution in [0.2, 0.25) is 0 Å². The number of pyridine rings is 1. The third-order valence-corrected chi connectivity index (χ3v) is 7.58. The summed E-state index contributed by atoms with van der Waals surface area (Å²) < 4.78 is 0. The van der Waals surface area contributed by atoms with Crippen LogP contribution in [0.3, 0.4) is 0 Å². The quantitative estimate of drug-likeness (QED) is 0.559. The lowest BCUT2D eigenvalue weighted by Gasteiger charge is -2.57. The molecule has 1 aliphatic carbocycles. The van der Waals surface area contributed by atoms with Crippen LogP contribution in [-0.4, -0.2) is 66.1 Å². The predicted octanol–water partition coefficient (Wildman–Crippen LogP) is 2.51. The summed E-state index contributed by atoms with van der Waals surface area (Å²) in [5, 5.41) is 8.38. The van der Waals surface area contributed by atoms with Gasteiger partial charge in [0.15, 0.2) is 5.69 Å². The van der Waals surface area contributed by atoms with Crippen molar-refractivity contribution >= 4 is 17.7 Å². The molecule has 9 nitrogen and oxygen atoms in total. The van der Waals surface area contributed by atoms with E-state index in [0.717, 1.165) is 12.8 Å². The van der Waals surface area contributed by atoms with E-state index >= 15 is 0 Å². The second-order valence-electron chi connectivity index (χ2n) is 9.43. The van der Waals surface area contributed by atoms with Gasteiger partial charge < -0.3 is 4.90 Å². The largest absolute Gasteiger partial charge is 0.329 e. The standard InChI is InChI=1S/C25H24N6O3/c1-14-7-8-20(31-26-9-10-27-31)22(28-14)25(34)30-17-11-16(12-17)15(2)21(30)13-29-23(32)18-5-3-4-6-19(18)24(29)33/h3-10,15-17,21H,11-13H2,1-2H3/t15-,16?,17?,21+/m0/s1. The minimum Gasteiger partial charge on any atom is -0.329 e. The molecule has 3 amide bonds. The molecule has 0 radical (unpaired) electrons. The second kappa shape index (κ2) is 7.58. The highest BCUT2D eigenvalue weighted by molar-refractivity contribution is 6.21. The number of amides is 3. The van der Waals surface area contributed by atoms with Gasteiger partial charge in [-0.25, -0.2) is 4.98 Å². The van der Waals surface area contributed by atoms with Gasteiger partial charge in [0.2, 0.25) is 0 Å². The van der Waals surface area contributed by atoms with Crippen molar-refractivity contribution in [3.8, 4) is 5.69 Å². The van der Waals surface area contributed by atoms with Crippen molar-refractivity contribution in [1.82, 2.24) is 29.8 Å². The summed E-state index contributed by atoms with van der Waals surface area (Å²) in [6, 6.07) is 10.3. The monoisotopic (exact) mass is 456 g/mol. The number of aromatic nitrogens is 4. The van der Waals surface area contributed by atoms with E-state index in [-0.39, 0.29) is 48.0 Å². The molecule has 0 unspecified atom stereocenters. The molecule has 3 aliphatic heterocycles. The maximum Gasteiger partial charge on any atom is 0.275 e. The van der Waals surface area contributed by atoms with Gasteiger partial charge in [0.05, 0.1) is 36.1 Å². The number of carbonyl (C=O) groups is 3. The molecule has 9 heteroatoms. The molecule has 3 aromatic rings. The molecule has 34 heavy (non-hydrogen) atoms. The molecule has 172 valence electrons. The molecule has 1 saturated carbocycles. The number of rotatable bonds is 4. The highest BCUT2D eigenvalue weighted by atomic mass is 16.2. The van der Waals surface area contributed by atoms with Crippen LogP contribution in [0.5, 0.6) is 0 Å². The first-order valence-corrected chi connectivity index (χ1v) is 11.6. The minimum atomic E-state index is -0.297. The van der Waals surface area contributed by atoms with Crippen molar-refractivity contribution in [2.75, 3.05) is 6.54 Å². The molecular weight excluding hydrogens is 432 g/mol. The van der Waals surface area contributed by atoms with Crippen LogP contribution in [0.4, 0.5) is 0 Å². The maximum absolute atomic E-state index is 14.0. The van der Waals surface area contributed by atoms with Gasteiger partial charge in [-0.2, -0.15) is 10.2 Å². The highest BCUT2D eigenvalue weighted by Gasteiger charge is 2.52. The van der Waals surface area contributed by atoms with Crippen LogP contribution < -0.4 is 0 Å². The van der Waals surface area contributed by atoms with E-state index in [9.17, 15) is 14.4 Å². The molecule has 5 heterocycles. The van der Waals surface area contributed by atoms with Crippen molar-refractivity contribution < 1.29 is 14.4 Å². The van der Waals surface area contributed by atoms with Gasteiger partial charge >= 0.3 is 0 Å². The molecule has 0 N–H and O–H groups in total. The summed E-state index contributed by atoms with van der Waals surface area (Å²) >= 11 is 0. The number of fused-ring (bicyclic) bond motifs is 3. The summed E-state index contributed by atoms with van der Waals surface area (Å²) in [7, 11) is 0. The van der Waals surface area contributed by atoms with Gasteiger partial charge in [0, 0.05) is 11.7 Å². The molecular formula is C25H24N6O3. The average Bonchev–Trinajstić information content (AvgIpc) is 3.42. The Kier molecular flexibility index (Phi) is 4.62. The number of piperidine rings is 2. The van der Waals surface area contributed by atoms with Crippen LogP contribution in [0.15, 0.2) is 48.8 Å². The minimum absolute atomic E-state index is 0.0645. The normalized spacial score (nSPS) is 25.4. The van der Waals surface area contributed by atoms with Crippen molar-refractivity contribution in [2.45, 2.75) is 38.8 Å². The van der Waals surface area contributed by atoms with Crippen LogP contribution in [0, 0.1) is 18.8 Å². The second-order valence-corrected chi connectivity index (χ2v) is 9.43. The Morgan fingerprint density at radius 1 is 1.00 bits per heavy atom. The molecule has 2 atom stereocenters. The number of aryl methyl sites for hydroxylation is 1. The van der Waals surface area contributed by atoms with Crippen LogP contribution in [0.25, 0.3) is 5.69 Å².